The topological polar surface area (TPSA) is 87.1 Å². The Labute approximate surface area is 188 Å². The van der Waals surface area contributed by atoms with Crippen molar-refractivity contribution in [2.75, 3.05) is 10.8 Å². The van der Waals surface area contributed by atoms with Crippen LogP contribution in [0, 0.1) is 6.92 Å². The van der Waals surface area contributed by atoms with Crippen molar-refractivity contribution in [1.82, 2.24) is 4.90 Å². The molecule has 166 valence electrons. The quantitative estimate of drug-likeness (QED) is 0.588. The number of hydrogen-bond donors (Lipinski definition) is 0. The lowest BCUT2D eigenvalue weighted by molar-refractivity contribution is -0.125. The number of halogens is 1. The van der Waals surface area contributed by atoms with Gasteiger partial charge < -0.3 is 0 Å². The number of carbonyl (C=O) groups excluding carboxylic acids is 3. The highest BCUT2D eigenvalue weighted by Crippen LogP contribution is 2.28. The zero-order valence-corrected chi connectivity index (χ0v) is 19.6. The lowest BCUT2D eigenvalue weighted by atomic mass is 10.2. The van der Waals surface area contributed by atoms with Gasteiger partial charge in [-0.3, -0.25) is 14.5 Å². The Morgan fingerprint density at radius 3 is 2.03 bits per heavy atom. The van der Waals surface area contributed by atoms with Crippen LogP contribution in [0.15, 0.2) is 57.8 Å². The van der Waals surface area contributed by atoms with Crippen molar-refractivity contribution >= 4 is 45.0 Å². The molecular formula is C22H26ClN3O4S. The van der Waals surface area contributed by atoms with E-state index in [4.69, 9.17) is 11.6 Å². The van der Waals surface area contributed by atoms with Gasteiger partial charge in [0.15, 0.2) is 9.92 Å². The van der Waals surface area contributed by atoms with E-state index in [2.05, 4.69) is 4.36 Å². The van der Waals surface area contributed by atoms with E-state index in [-0.39, 0.29) is 17.1 Å². The van der Waals surface area contributed by atoms with Gasteiger partial charge in [-0.15, -0.1) is 4.36 Å². The Bertz CT molecular complexity index is 1070. The average molecular weight is 464 g/mol. The maximum atomic E-state index is 14.3. The molecule has 0 aliphatic carbocycles. The molecule has 4 amide bonds. The first-order valence-electron chi connectivity index (χ1n) is 9.82. The van der Waals surface area contributed by atoms with E-state index < -0.39 is 27.8 Å². The van der Waals surface area contributed by atoms with Gasteiger partial charge in [-0.25, -0.2) is 13.3 Å². The highest BCUT2D eigenvalue weighted by molar-refractivity contribution is 7.96. The van der Waals surface area contributed by atoms with Crippen molar-refractivity contribution < 1.29 is 18.6 Å². The van der Waals surface area contributed by atoms with Gasteiger partial charge in [-0.05, 0) is 49.7 Å². The summed E-state index contributed by atoms with van der Waals surface area (Å²) in [6.45, 7) is 6.42. The number of anilines is 1. The zero-order chi connectivity index (χ0) is 23.2. The second-order valence-electron chi connectivity index (χ2n) is 7.00. The molecule has 0 aliphatic rings. The Kier molecular flexibility index (Phi) is 8.36. The number of carbonyl (C=O) groups is 3. The number of unbranched alkanes of at least 4 members (excludes halogenated alkanes) is 1. The summed E-state index contributed by atoms with van der Waals surface area (Å²) in [6, 6.07) is 11.7. The summed E-state index contributed by atoms with van der Waals surface area (Å²) in [5, 5.41) is 0.435. The summed E-state index contributed by atoms with van der Waals surface area (Å²) < 4.78 is 19.2. The van der Waals surface area contributed by atoms with E-state index >= 15 is 0 Å². The number of aryl methyl sites for hydroxylation is 1. The Morgan fingerprint density at radius 2 is 1.55 bits per heavy atom. The molecule has 9 heteroatoms. The Morgan fingerprint density at radius 1 is 0.968 bits per heavy atom. The van der Waals surface area contributed by atoms with Crippen molar-refractivity contribution in [1.29, 1.82) is 0 Å². The van der Waals surface area contributed by atoms with Gasteiger partial charge in [0.05, 0.1) is 10.6 Å². The van der Waals surface area contributed by atoms with Crippen LogP contribution in [-0.4, -0.2) is 33.5 Å². The zero-order valence-electron chi connectivity index (χ0n) is 18.0. The minimum Gasteiger partial charge on any atom is -0.275 e. The van der Waals surface area contributed by atoms with Crippen molar-refractivity contribution in [3.63, 3.8) is 0 Å². The predicted molar refractivity (Wildman–Crippen MR) is 122 cm³/mol. The number of amides is 4. The molecule has 0 saturated heterocycles. The molecule has 0 saturated carbocycles. The van der Waals surface area contributed by atoms with Crippen molar-refractivity contribution in [3.8, 4) is 0 Å². The normalized spacial score (nSPS) is 12.5. The fraction of sp³-hybridized carbons (Fsp3) is 0.318. The molecular weight excluding hydrogens is 438 g/mol. The van der Waals surface area contributed by atoms with Crippen LogP contribution < -0.4 is 4.31 Å². The van der Waals surface area contributed by atoms with Crippen LogP contribution in [0.25, 0.3) is 0 Å². The van der Waals surface area contributed by atoms with Gasteiger partial charge in [0.25, 0.3) is 0 Å². The van der Waals surface area contributed by atoms with Gasteiger partial charge >= 0.3 is 6.03 Å². The summed E-state index contributed by atoms with van der Waals surface area (Å²) in [4.78, 5) is 38.7. The van der Waals surface area contributed by atoms with Crippen molar-refractivity contribution in [3.05, 3.63) is 59.1 Å². The van der Waals surface area contributed by atoms with Crippen LogP contribution in [0.5, 0.6) is 0 Å². The van der Waals surface area contributed by atoms with Crippen LogP contribution in [0.1, 0.15) is 39.2 Å². The first-order valence-corrected chi connectivity index (χ1v) is 11.7. The third-order valence-corrected chi connectivity index (χ3v) is 6.98. The first-order chi connectivity index (χ1) is 14.6. The molecule has 1 unspecified atom stereocenters. The maximum absolute atomic E-state index is 14.3. The fourth-order valence-corrected chi connectivity index (χ4v) is 4.93. The molecule has 0 bridgehead atoms. The minimum absolute atomic E-state index is 0.151. The monoisotopic (exact) mass is 463 g/mol. The van der Waals surface area contributed by atoms with E-state index in [1.807, 2.05) is 13.8 Å². The second kappa shape index (κ2) is 10.5. The third-order valence-electron chi connectivity index (χ3n) is 4.47. The fourth-order valence-electron chi connectivity index (χ4n) is 2.85. The van der Waals surface area contributed by atoms with E-state index in [1.165, 1.54) is 26.0 Å². The Balaban J connectivity index is 2.74. The molecule has 1 atom stereocenters. The van der Waals surface area contributed by atoms with Gasteiger partial charge in [0.1, 0.15) is 0 Å². The van der Waals surface area contributed by atoms with Crippen molar-refractivity contribution in [2.24, 2.45) is 4.36 Å². The average Bonchev–Trinajstić information content (AvgIpc) is 2.69. The number of urea groups is 1. The molecule has 0 spiro atoms. The molecule has 2 aromatic rings. The van der Waals surface area contributed by atoms with Gasteiger partial charge in [0.2, 0.25) is 11.8 Å². The lowest BCUT2D eigenvalue weighted by Gasteiger charge is -2.26. The standard InChI is InChI=1S/C22H26ClN3O4S/c1-5-6-15-25(17(3)27)22(29)24-31(30,21-13-7-16(2)8-14-21)26(18(4)28)20-11-9-19(23)10-12-20/h7-14H,5-6,15H2,1-4H3. The van der Waals surface area contributed by atoms with Gasteiger partial charge in [-0.1, -0.05) is 42.6 Å². The number of rotatable bonds is 6. The third kappa shape index (κ3) is 5.92. The first kappa shape index (κ1) is 24.6. The van der Waals surface area contributed by atoms with Crippen LogP contribution in [0.2, 0.25) is 5.02 Å². The van der Waals surface area contributed by atoms with Crippen LogP contribution in [0.4, 0.5) is 10.5 Å². The largest absolute Gasteiger partial charge is 0.360 e. The SMILES string of the molecule is CCCCN(C(C)=O)C(=O)N=S(=O)(c1ccc(C)cc1)N(C(C)=O)c1ccc(Cl)cc1. The summed E-state index contributed by atoms with van der Waals surface area (Å²) in [5.41, 5.74) is 1.17. The molecule has 0 radical (unpaired) electrons. The smallest absolute Gasteiger partial charge is 0.275 e. The van der Waals surface area contributed by atoms with E-state index in [1.54, 1.807) is 36.4 Å². The summed E-state index contributed by atoms with van der Waals surface area (Å²) in [5.74, 6) is -1.08. The molecule has 0 aromatic heterocycles. The highest BCUT2D eigenvalue weighted by atomic mass is 35.5. The summed E-state index contributed by atoms with van der Waals surface area (Å²) >= 11 is 5.96. The van der Waals surface area contributed by atoms with E-state index in [9.17, 15) is 18.6 Å². The number of hydrogen-bond acceptors (Lipinski definition) is 4. The predicted octanol–water partition coefficient (Wildman–Crippen LogP) is 5.21. The van der Waals surface area contributed by atoms with Crippen molar-refractivity contribution in [2.45, 2.75) is 45.4 Å². The molecule has 31 heavy (non-hydrogen) atoms. The van der Waals surface area contributed by atoms with Gasteiger partial charge in [0, 0.05) is 25.4 Å². The van der Waals surface area contributed by atoms with Crippen LogP contribution in [0.3, 0.4) is 0 Å². The van der Waals surface area contributed by atoms with Crippen LogP contribution >= 0.6 is 11.6 Å². The molecule has 7 nitrogen and oxygen atoms in total. The molecule has 0 aliphatic heterocycles. The molecule has 2 rings (SSSR count). The molecule has 0 heterocycles. The van der Waals surface area contributed by atoms with Gasteiger partial charge in [-0.2, -0.15) is 0 Å². The summed E-state index contributed by atoms with van der Waals surface area (Å²) in [7, 11) is -3.77. The lowest BCUT2D eigenvalue weighted by Crippen LogP contribution is -2.39. The van der Waals surface area contributed by atoms with Crippen LogP contribution in [-0.2, 0) is 19.5 Å². The summed E-state index contributed by atoms with van der Waals surface area (Å²) in [6.07, 6.45) is 1.34. The Hall–Kier alpha value is -2.71. The van der Waals surface area contributed by atoms with E-state index in [0.29, 0.717) is 11.4 Å². The second-order valence-corrected chi connectivity index (χ2v) is 9.45. The molecule has 0 fully saturated rings. The maximum Gasteiger partial charge on any atom is 0.360 e. The number of benzene rings is 2. The molecule has 0 N–H and O–H groups in total. The minimum atomic E-state index is -3.77. The molecule has 2 aromatic carbocycles. The van der Waals surface area contributed by atoms with E-state index in [0.717, 1.165) is 21.2 Å². The number of imide groups is 1. The highest BCUT2D eigenvalue weighted by Gasteiger charge is 2.30. The number of nitrogens with zero attached hydrogens (tertiary/aromatic N) is 3.